The predicted octanol–water partition coefficient (Wildman–Crippen LogP) is -0.239. The van der Waals surface area contributed by atoms with Crippen molar-refractivity contribution in [1.82, 2.24) is 20.2 Å². The van der Waals surface area contributed by atoms with Gasteiger partial charge in [-0.15, -0.1) is 6.57 Å². The molecule has 0 aliphatic carbocycles. The molecule has 0 N–H and O–H groups in total. The highest BCUT2D eigenvalue weighted by Gasteiger charge is 1.97. The second-order valence-corrected chi connectivity index (χ2v) is 1.21. The Morgan fingerprint density at radius 2 is 2.50 bits per heavy atom. The maximum atomic E-state index is 6.46. The number of hydrogen-bond acceptors (Lipinski definition) is 3. The molecule has 0 aliphatic rings. The van der Waals surface area contributed by atoms with Crippen LogP contribution < -0.4 is 0 Å². The van der Waals surface area contributed by atoms with E-state index in [-0.39, 0.29) is 5.95 Å². The summed E-state index contributed by atoms with van der Waals surface area (Å²) >= 11 is 0. The average Bonchev–Trinajstić information content (AvgIpc) is 2.14. The lowest BCUT2D eigenvalue weighted by Gasteiger charge is -1.79. The summed E-state index contributed by atoms with van der Waals surface area (Å²) in [4.78, 5) is 3.01. The first-order valence-corrected chi connectivity index (χ1v) is 1.94. The van der Waals surface area contributed by atoms with Gasteiger partial charge in [-0.1, -0.05) is 0 Å². The molecule has 40 valence electrons. The lowest BCUT2D eigenvalue weighted by Crippen LogP contribution is -1.87. The molecule has 0 aliphatic heterocycles. The summed E-state index contributed by atoms with van der Waals surface area (Å²) < 4.78 is 1.31. The van der Waals surface area contributed by atoms with Crippen LogP contribution >= 0.6 is 0 Å². The fraction of sp³-hybridized carbons (Fsp3) is 0.333. The molecule has 0 saturated carbocycles. The molecular weight excluding hydrogens is 106 g/mol. The van der Waals surface area contributed by atoms with Crippen LogP contribution in [0.5, 0.6) is 0 Å². The van der Waals surface area contributed by atoms with Crippen LogP contribution in [0.3, 0.4) is 0 Å². The molecule has 1 aromatic rings. The minimum Gasteiger partial charge on any atom is -0.394 e. The largest absolute Gasteiger partial charge is 0.394 e. The Morgan fingerprint density at radius 3 is 2.75 bits per heavy atom. The highest BCUT2D eigenvalue weighted by molar-refractivity contribution is 5.20. The van der Waals surface area contributed by atoms with Crippen molar-refractivity contribution in [1.29, 1.82) is 0 Å². The minimum atomic E-state index is 0.213. The zero-order valence-electron chi connectivity index (χ0n) is 4.24. The van der Waals surface area contributed by atoms with E-state index in [1.54, 1.807) is 7.05 Å². The van der Waals surface area contributed by atoms with Crippen molar-refractivity contribution in [2.45, 2.75) is 0 Å². The van der Waals surface area contributed by atoms with E-state index < -0.39 is 0 Å². The molecule has 5 heteroatoms. The summed E-state index contributed by atoms with van der Waals surface area (Å²) in [6.07, 6.45) is 0. The van der Waals surface area contributed by atoms with Crippen molar-refractivity contribution in [3.05, 3.63) is 11.4 Å². The van der Waals surface area contributed by atoms with Crippen LogP contribution in [0, 0.1) is 6.57 Å². The molecule has 0 atom stereocenters. The molecule has 0 amide bonds. The normalized spacial score (nSPS) is 8.50. The highest BCUT2D eigenvalue weighted by Crippen LogP contribution is 1.97. The van der Waals surface area contributed by atoms with Crippen molar-refractivity contribution in [3.8, 4) is 0 Å². The van der Waals surface area contributed by atoms with E-state index in [0.29, 0.717) is 0 Å². The van der Waals surface area contributed by atoms with Crippen molar-refractivity contribution < 1.29 is 0 Å². The number of nitrogens with zero attached hydrogens (tertiary/aromatic N) is 5. The first-order valence-electron chi connectivity index (χ1n) is 1.94. The third-order valence-electron chi connectivity index (χ3n) is 0.698. The third kappa shape index (κ3) is 0.518. The number of aryl methyl sites for hydroxylation is 1. The van der Waals surface area contributed by atoms with E-state index >= 15 is 0 Å². The van der Waals surface area contributed by atoms with Crippen LogP contribution in [0.25, 0.3) is 4.85 Å². The van der Waals surface area contributed by atoms with Gasteiger partial charge in [0, 0.05) is 5.21 Å². The van der Waals surface area contributed by atoms with Crippen LogP contribution in [0.4, 0.5) is 5.95 Å². The number of aromatic nitrogens is 4. The van der Waals surface area contributed by atoms with E-state index in [1.807, 2.05) is 0 Å². The van der Waals surface area contributed by atoms with Crippen LogP contribution in [-0.4, -0.2) is 20.2 Å². The second kappa shape index (κ2) is 1.58. The number of hydrogen-bond donors (Lipinski definition) is 0. The van der Waals surface area contributed by atoms with Gasteiger partial charge in [-0.2, -0.15) is 4.68 Å². The molecule has 1 rings (SSSR count). The van der Waals surface area contributed by atoms with E-state index in [0.717, 1.165) is 0 Å². The number of rotatable bonds is 0. The van der Waals surface area contributed by atoms with Gasteiger partial charge in [-0.25, -0.2) is 0 Å². The molecule has 0 unspecified atom stereocenters. The van der Waals surface area contributed by atoms with Crippen molar-refractivity contribution in [2.75, 3.05) is 0 Å². The second-order valence-electron chi connectivity index (χ2n) is 1.21. The first kappa shape index (κ1) is 4.71. The van der Waals surface area contributed by atoms with Crippen molar-refractivity contribution >= 4 is 5.95 Å². The van der Waals surface area contributed by atoms with E-state index in [1.165, 1.54) is 4.68 Å². The summed E-state index contributed by atoms with van der Waals surface area (Å²) in [6.45, 7) is 6.46. The molecule has 0 aromatic carbocycles. The molecule has 0 fully saturated rings. The Hall–Kier alpha value is -1.44. The van der Waals surface area contributed by atoms with Gasteiger partial charge in [0.05, 0.1) is 12.3 Å². The summed E-state index contributed by atoms with van der Waals surface area (Å²) in [5, 5.41) is 10.1. The van der Waals surface area contributed by atoms with Gasteiger partial charge in [-0.05, 0) is 5.10 Å². The summed E-state index contributed by atoms with van der Waals surface area (Å²) in [6, 6.07) is 0. The van der Waals surface area contributed by atoms with Gasteiger partial charge < -0.3 is 4.85 Å². The Bertz CT molecular complexity index is 218. The maximum Gasteiger partial charge on any atom is 0.383 e. The van der Waals surface area contributed by atoms with Gasteiger partial charge in [0.2, 0.25) is 0 Å². The Labute approximate surface area is 45.7 Å². The van der Waals surface area contributed by atoms with Crippen LogP contribution in [0.1, 0.15) is 0 Å². The van der Waals surface area contributed by atoms with E-state index in [9.17, 15) is 0 Å². The first-order chi connectivity index (χ1) is 3.84. The summed E-state index contributed by atoms with van der Waals surface area (Å²) in [5.41, 5.74) is 0. The van der Waals surface area contributed by atoms with Gasteiger partial charge in [-0.3, -0.25) is 0 Å². The minimum absolute atomic E-state index is 0.213. The molecule has 0 spiro atoms. The van der Waals surface area contributed by atoms with E-state index in [2.05, 4.69) is 20.4 Å². The van der Waals surface area contributed by atoms with Gasteiger partial charge in [0.15, 0.2) is 0 Å². The van der Waals surface area contributed by atoms with Crippen LogP contribution in [0.15, 0.2) is 0 Å². The maximum absolute atomic E-state index is 6.46. The quantitative estimate of drug-likeness (QED) is 0.432. The molecule has 5 nitrogen and oxygen atoms in total. The molecule has 0 saturated heterocycles. The van der Waals surface area contributed by atoms with E-state index in [4.69, 9.17) is 6.57 Å². The number of tetrazole rings is 1. The standard InChI is InChI=1S/C3H3N5/c1-4-3-5-6-7-8(3)2/h2H3. The average molecular weight is 109 g/mol. The zero-order chi connectivity index (χ0) is 5.98. The Kier molecular flexibility index (Phi) is 0.929. The topological polar surface area (TPSA) is 48.0 Å². The molecule has 1 heterocycles. The van der Waals surface area contributed by atoms with Gasteiger partial charge in [0.1, 0.15) is 0 Å². The summed E-state index contributed by atoms with van der Waals surface area (Å²) in [7, 11) is 1.62. The fourth-order valence-electron chi connectivity index (χ4n) is 0.319. The zero-order valence-corrected chi connectivity index (χ0v) is 4.24. The lowest BCUT2D eigenvalue weighted by molar-refractivity contribution is 0.717. The predicted molar refractivity (Wildman–Crippen MR) is 25.1 cm³/mol. The Balaban J connectivity index is 3.15. The summed E-state index contributed by atoms with van der Waals surface area (Å²) in [5.74, 6) is 0.213. The molecule has 1 aromatic heterocycles. The molecular formula is C3H3N5. The molecule has 0 radical (unpaired) electrons. The van der Waals surface area contributed by atoms with Crippen molar-refractivity contribution in [2.24, 2.45) is 7.05 Å². The highest BCUT2D eigenvalue weighted by atomic mass is 15.6. The van der Waals surface area contributed by atoms with Crippen LogP contribution in [-0.2, 0) is 7.05 Å². The monoisotopic (exact) mass is 109 g/mol. The Morgan fingerprint density at radius 1 is 1.75 bits per heavy atom. The van der Waals surface area contributed by atoms with Gasteiger partial charge >= 0.3 is 5.95 Å². The van der Waals surface area contributed by atoms with Gasteiger partial charge in [0.25, 0.3) is 0 Å². The molecule has 0 bridgehead atoms. The fourth-order valence-corrected chi connectivity index (χ4v) is 0.319. The lowest BCUT2D eigenvalue weighted by atomic mass is 11.0. The SMILES string of the molecule is [C-]#[N+]c1nnnn1C. The van der Waals surface area contributed by atoms with Crippen LogP contribution in [0.2, 0.25) is 0 Å². The molecule has 8 heavy (non-hydrogen) atoms. The smallest absolute Gasteiger partial charge is 0.383 e. The third-order valence-corrected chi connectivity index (χ3v) is 0.698. The van der Waals surface area contributed by atoms with Crippen molar-refractivity contribution in [3.63, 3.8) is 0 Å².